The Morgan fingerprint density at radius 2 is 1.80 bits per heavy atom. The van der Waals surface area contributed by atoms with Crippen molar-refractivity contribution in [2.24, 2.45) is 0 Å². The molecule has 0 heterocycles. The second kappa shape index (κ2) is 7.80. The molecular weight excluding hydrogens is 325 g/mol. The van der Waals surface area contributed by atoms with E-state index in [1.807, 2.05) is 0 Å². The van der Waals surface area contributed by atoms with Crippen LogP contribution in [0.1, 0.15) is 0 Å². The average Bonchev–Trinajstić information content (AvgIpc) is 2.32. The highest BCUT2D eigenvalue weighted by Crippen LogP contribution is 2.29. The summed E-state index contributed by atoms with van der Waals surface area (Å²) in [6, 6.07) is 4.91. The molecule has 1 amide bonds. The molecule has 1 rings (SSSR count). The lowest BCUT2D eigenvalue weighted by Crippen LogP contribution is -2.35. The maximum atomic E-state index is 11.6. The van der Waals surface area contributed by atoms with Crippen molar-refractivity contribution < 1.29 is 13.2 Å². The molecule has 1 aromatic carbocycles. The van der Waals surface area contributed by atoms with E-state index in [0.29, 0.717) is 22.3 Å². The van der Waals surface area contributed by atoms with Crippen molar-refractivity contribution in [1.82, 2.24) is 10.0 Å². The lowest BCUT2D eigenvalue weighted by atomic mass is 10.3. The van der Waals surface area contributed by atoms with Crippen LogP contribution in [-0.2, 0) is 14.8 Å². The Labute approximate surface area is 127 Å². The van der Waals surface area contributed by atoms with Crippen molar-refractivity contribution in [3.8, 4) is 0 Å². The molecule has 0 aliphatic heterocycles. The minimum Gasteiger partial charge on any atom is -0.322 e. The van der Waals surface area contributed by atoms with E-state index in [0.717, 1.165) is 6.26 Å². The van der Waals surface area contributed by atoms with Crippen LogP contribution in [0.2, 0.25) is 10.0 Å². The molecule has 3 N–H and O–H groups in total. The number of hydrogen-bond acceptors (Lipinski definition) is 4. The fourth-order valence-corrected chi connectivity index (χ4v) is 2.29. The van der Waals surface area contributed by atoms with Gasteiger partial charge in [0.1, 0.15) is 0 Å². The molecule has 6 nitrogen and oxygen atoms in total. The van der Waals surface area contributed by atoms with Crippen LogP contribution in [0.25, 0.3) is 0 Å². The summed E-state index contributed by atoms with van der Waals surface area (Å²) in [5.74, 6) is -0.320. The third-order valence-electron chi connectivity index (χ3n) is 2.18. The summed E-state index contributed by atoms with van der Waals surface area (Å²) in [4.78, 5) is 11.6. The van der Waals surface area contributed by atoms with E-state index in [2.05, 4.69) is 15.4 Å². The quantitative estimate of drug-likeness (QED) is 0.648. The van der Waals surface area contributed by atoms with E-state index >= 15 is 0 Å². The monoisotopic (exact) mass is 339 g/mol. The number of anilines is 1. The first-order chi connectivity index (χ1) is 9.29. The van der Waals surface area contributed by atoms with E-state index in [1.165, 1.54) is 0 Å². The average molecular weight is 340 g/mol. The van der Waals surface area contributed by atoms with E-state index in [4.69, 9.17) is 23.2 Å². The Bertz CT molecular complexity index is 558. The molecular formula is C11H15Cl2N3O3S. The maximum Gasteiger partial charge on any atom is 0.238 e. The molecule has 0 unspecified atom stereocenters. The van der Waals surface area contributed by atoms with E-state index in [1.54, 1.807) is 18.2 Å². The first kappa shape index (κ1) is 17.2. The fraction of sp³-hybridized carbons (Fsp3) is 0.364. The highest BCUT2D eigenvalue weighted by molar-refractivity contribution is 7.88. The minimum absolute atomic E-state index is 0.0208. The molecule has 0 spiro atoms. The van der Waals surface area contributed by atoms with Crippen molar-refractivity contribution in [1.29, 1.82) is 0 Å². The lowest BCUT2D eigenvalue weighted by Gasteiger charge is -2.09. The summed E-state index contributed by atoms with van der Waals surface area (Å²) >= 11 is 11.8. The van der Waals surface area contributed by atoms with Gasteiger partial charge in [0, 0.05) is 13.1 Å². The molecule has 0 radical (unpaired) electrons. The highest BCUT2D eigenvalue weighted by Gasteiger charge is 2.09. The van der Waals surface area contributed by atoms with Crippen LogP contribution in [-0.4, -0.2) is 40.2 Å². The van der Waals surface area contributed by atoms with E-state index < -0.39 is 10.0 Å². The first-order valence-electron chi connectivity index (χ1n) is 5.69. The topological polar surface area (TPSA) is 87.3 Å². The third-order valence-corrected chi connectivity index (χ3v) is 3.54. The summed E-state index contributed by atoms with van der Waals surface area (Å²) in [5.41, 5.74) is 0.358. The molecule has 0 saturated heterocycles. The second-order valence-corrected chi connectivity index (χ2v) is 6.64. The zero-order valence-electron chi connectivity index (χ0n) is 10.7. The van der Waals surface area contributed by atoms with Gasteiger partial charge < -0.3 is 10.6 Å². The molecule has 0 saturated carbocycles. The minimum atomic E-state index is -3.21. The number of amides is 1. The van der Waals surface area contributed by atoms with Crippen LogP contribution in [0.4, 0.5) is 5.69 Å². The van der Waals surface area contributed by atoms with Crippen LogP contribution >= 0.6 is 23.2 Å². The standard InChI is InChI=1S/C11H15Cl2N3O3S/c1-20(18,19)15-6-5-14-7-10(17)16-11-8(12)3-2-4-9(11)13/h2-4,14-15H,5-7H2,1H3,(H,16,17). The van der Waals surface area contributed by atoms with Crippen LogP contribution < -0.4 is 15.4 Å². The smallest absolute Gasteiger partial charge is 0.238 e. The van der Waals surface area contributed by atoms with Gasteiger partial charge in [-0.25, -0.2) is 13.1 Å². The molecule has 0 aliphatic carbocycles. The van der Waals surface area contributed by atoms with Crippen LogP contribution in [0.15, 0.2) is 18.2 Å². The number of nitrogens with one attached hydrogen (secondary N) is 3. The Morgan fingerprint density at radius 3 is 2.35 bits per heavy atom. The summed E-state index contributed by atoms with van der Waals surface area (Å²) in [6.07, 6.45) is 1.07. The van der Waals surface area contributed by atoms with Gasteiger partial charge in [0.25, 0.3) is 0 Å². The zero-order chi connectivity index (χ0) is 15.2. The largest absolute Gasteiger partial charge is 0.322 e. The summed E-state index contributed by atoms with van der Waals surface area (Å²) in [7, 11) is -3.21. The van der Waals surface area contributed by atoms with Gasteiger partial charge in [-0.3, -0.25) is 4.79 Å². The van der Waals surface area contributed by atoms with E-state index in [-0.39, 0.29) is 19.0 Å². The van der Waals surface area contributed by atoms with Crippen LogP contribution in [0.5, 0.6) is 0 Å². The first-order valence-corrected chi connectivity index (χ1v) is 8.33. The Morgan fingerprint density at radius 1 is 1.20 bits per heavy atom. The maximum absolute atomic E-state index is 11.6. The number of carbonyl (C=O) groups excluding carboxylic acids is 1. The number of rotatable bonds is 7. The number of halogens is 2. The van der Waals surface area contributed by atoms with Gasteiger partial charge in [-0.1, -0.05) is 29.3 Å². The molecule has 0 aliphatic rings. The Hall–Kier alpha value is -0.860. The summed E-state index contributed by atoms with van der Waals surface area (Å²) < 4.78 is 23.9. The van der Waals surface area contributed by atoms with Gasteiger partial charge in [0.05, 0.1) is 28.5 Å². The van der Waals surface area contributed by atoms with Gasteiger partial charge in [0.15, 0.2) is 0 Å². The molecule has 9 heteroatoms. The van der Waals surface area contributed by atoms with Crippen molar-refractivity contribution in [3.63, 3.8) is 0 Å². The van der Waals surface area contributed by atoms with Crippen LogP contribution in [0.3, 0.4) is 0 Å². The van der Waals surface area contributed by atoms with E-state index in [9.17, 15) is 13.2 Å². The van der Waals surface area contributed by atoms with Gasteiger partial charge in [-0.2, -0.15) is 0 Å². The molecule has 20 heavy (non-hydrogen) atoms. The molecule has 0 aromatic heterocycles. The Balaban J connectivity index is 2.34. The van der Waals surface area contributed by atoms with Gasteiger partial charge in [-0.15, -0.1) is 0 Å². The number of para-hydroxylation sites is 1. The normalized spacial score (nSPS) is 11.3. The van der Waals surface area contributed by atoms with Crippen molar-refractivity contribution >= 4 is 44.8 Å². The highest BCUT2D eigenvalue weighted by atomic mass is 35.5. The lowest BCUT2D eigenvalue weighted by molar-refractivity contribution is -0.115. The molecule has 0 atom stereocenters. The van der Waals surface area contributed by atoms with Crippen molar-refractivity contribution in [2.75, 3.05) is 31.2 Å². The van der Waals surface area contributed by atoms with Crippen molar-refractivity contribution in [2.45, 2.75) is 0 Å². The van der Waals surface area contributed by atoms with Gasteiger partial charge in [0.2, 0.25) is 15.9 Å². The molecule has 0 bridgehead atoms. The van der Waals surface area contributed by atoms with Gasteiger partial charge in [-0.05, 0) is 12.1 Å². The molecule has 112 valence electrons. The fourth-order valence-electron chi connectivity index (χ4n) is 1.33. The predicted octanol–water partition coefficient (Wildman–Crippen LogP) is 1.07. The SMILES string of the molecule is CS(=O)(=O)NCCNCC(=O)Nc1c(Cl)cccc1Cl. The zero-order valence-corrected chi connectivity index (χ0v) is 13.1. The number of carbonyl (C=O) groups is 1. The number of benzene rings is 1. The predicted molar refractivity (Wildman–Crippen MR) is 80.8 cm³/mol. The number of hydrogen-bond donors (Lipinski definition) is 3. The third kappa shape index (κ3) is 6.53. The van der Waals surface area contributed by atoms with Crippen LogP contribution in [0, 0.1) is 0 Å². The molecule has 0 fully saturated rings. The second-order valence-electron chi connectivity index (χ2n) is 3.99. The van der Waals surface area contributed by atoms with Crippen molar-refractivity contribution in [3.05, 3.63) is 28.2 Å². The van der Waals surface area contributed by atoms with Gasteiger partial charge >= 0.3 is 0 Å². The summed E-state index contributed by atoms with van der Waals surface area (Å²) in [5, 5.41) is 6.08. The molecule has 1 aromatic rings. The number of sulfonamides is 1. The Kier molecular flexibility index (Phi) is 6.70. The summed E-state index contributed by atoms with van der Waals surface area (Å²) in [6.45, 7) is 0.558.